The van der Waals surface area contributed by atoms with Gasteiger partial charge in [0, 0.05) is 4.88 Å². The minimum Gasteiger partial charge on any atom is -0.479 e. The van der Waals surface area contributed by atoms with Crippen molar-refractivity contribution in [2.75, 3.05) is 0 Å². The average molecular weight is 225 g/mol. The molecule has 2 unspecified atom stereocenters. The number of aliphatic hydroxyl groups excluding tert-OH is 1. The van der Waals surface area contributed by atoms with Crippen LogP contribution < -0.4 is 0 Å². The van der Waals surface area contributed by atoms with Gasteiger partial charge in [-0.1, -0.05) is 11.6 Å². The molecule has 0 aliphatic carbocycles. The van der Waals surface area contributed by atoms with Crippen LogP contribution in [0.25, 0.3) is 0 Å². The number of alkyl halides is 1. The SMILES string of the molecule is O=C(O)C(F)C(O)c1ccc(Cl)s1. The number of aliphatic carboxylic acids is 1. The van der Waals surface area contributed by atoms with Crippen LogP contribution in [0.1, 0.15) is 11.0 Å². The first kappa shape index (κ1) is 10.4. The molecule has 1 rings (SSSR count). The second-order valence-electron chi connectivity index (χ2n) is 2.33. The van der Waals surface area contributed by atoms with Gasteiger partial charge in [-0.3, -0.25) is 0 Å². The van der Waals surface area contributed by atoms with Gasteiger partial charge in [-0.2, -0.15) is 0 Å². The fourth-order valence-electron chi connectivity index (χ4n) is 0.767. The van der Waals surface area contributed by atoms with Gasteiger partial charge in [-0.15, -0.1) is 11.3 Å². The van der Waals surface area contributed by atoms with E-state index in [1.165, 1.54) is 12.1 Å². The predicted molar refractivity (Wildman–Crippen MR) is 46.8 cm³/mol. The minimum atomic E-state index is -2.31. The molecule has 0 saturated heterocycles. The first-order chi connectivity index (χ1) is 6.02. The van der Waals surface area contributed by atoms with Gasteiger partial charge in [0.05, 0.1) is 4.34 Å². The van der Waals surface area contributed by atoms with Crippen molar-refractivity contribution in [3.8, 4) is 0 Å². The molecule has 2 N–H and O–H groups in total. The second-order valence-corrected chi connectivity index (χ2v) is 4.07. The van der Waals surface area contributed by atoms with Gasteiger partial charge >= 0.3 is 5.97 Å². The second kappa shape index (κ2) is 4.04. The summed E-state index contributed by atoms with van der Waals surface area (Å²) >= 11 is 6.48. The Labute approximate surface area is 82.4 Å². The van der Waals surface area contributed by atoms with Crippen LogP contribution >= 0.6 is 22.9 Å². The summed E-state index contributed by atoms with van der Waals surface area (Å²) in [7, 11) is 0. The molecule has 1 aromatic rings. The van der Waals surface area contributed by atoms with E-state index < -0.39 is 18.2 Å². The van der Waals surface area contributed by atoms with Crippen LogP contribution in [0.3, 0.4) is 0 Å². The fourth-order valence-corrected chi connectivity index (χ4v) is 1.83. The summed E-state index contributed by atoms with van der Waals surface area (Å²) in [6.45, 7) is 0. The number of hydrogen-bond acceptors (Lipinski definition) is 3. The highest BCUT2D eigenvalue weighted by molar-refractivity contribution is 7.16. The average Bonchev–Trinajstić information content (AvgIpc) is 2.49. The topological polar surface area (TPSA) is 57.5 Å². The number of halogens is 2. The van der Waals surface area contributed by atoms with Gasteiger partial charge in [-0.25, -0.2) is 9.18 Å². The van der Waals surface area contributed by atoms with E-state index in [-0.39, 0.29) is 4.88 Å². The lowest BCUT2D eigenvalue weighted by atomic mass is 10.2. The van der Waals surface area contributed by atoms with Crippen molar-refractivity contribution in [1.29, 1.82) is 0 Å². The fraction of sp³-hybridized carbons (Fsp3) is 0.286. The molecule has 0 aromatic carbocycles. The molecule has 0 bridgehead atoms. The lowest BCUT2D eigenvalue weighted by molar-refractivity contribution is -0.147. The normalized spacial score (nSPS) is 15.3. The summed E-state index contributed by atoms with van der Waals surface area (Å²) in [5.74, 6) is -1.68. The highest BCUT2D eigenvalue weighted by atomic mass is 35.5. The third kappa shape index (κ3) is 2.40. The van der Waals surface area contributed by atoms with E-state index in [1.54, 1.807) is 0 Å². The van der Waals surface area contributed by atoms with Crippen molar-refractivity contribution in [3.05, 3.63) is 21.3 Å². The van der Waals surface area contributed by atoms with Crippen molar-refractivity contribution in [2.24, 2.45) is 0 Å². The van der Waals surface area contributed by atoms with Crippen molar-refractivity contribution in [3.63, 3.8) is 0 Å². The number of hydrogen-bond donors (Lipinski definition) is 2. The smallest absolute Gasteiger partial charge is 0.341 e. The summed E-state index contributed by atoms with van der Waals surface area (Å²) in [6.07, 6.45) is -3.95. The molecule has 13 heavy (non-hydrogen) atoms. The highest BCUT2D eigenvalue weighted by Gasteiger charge is 2.28. The summed E-state index contributed by atoms with van der Waals surface area (Å²) in [5.41, 5.74) is 0. The molecule has 1 aromatic heterocycles. The number of carbonyl (C=O) groups is 1. The summed E-state index contributed by atoms with van der Waals surface area (Å²) in [5, 5.41) is 17.4. The van der Waals surface area contributed by atoms with Crippen molar-refractivity contribution >= 4 is 28.9 Å². The van der Waals surface area contributed by atoms with Gasteiger partial charge in [0.1, 0.15) is 6.10 Å². The van der Waals surface area contributed by atoms with E-state index in [0.29, 0.717) is 4.34 Å². The Bertz CT molecular complexity index is 314. The Morgan fingerprint density at radius 1 is 1.62 bits per heavy atom. The van der Waals surface area contributed by atoms with Crippen LogP contribution in [-0.4, -0.2) is 22.4 Å². The van der Waals surface area contributed by atoms with Gasteiger partial charge < -0.3 is 10.2 Å². The zero-order valence-electron chi connectivity index (χ0n) is 6.28. The van der Waals surface area contributed by atoms with E-state index in [4.69, 9.17) is 21.8 Å². The molecule has 0 spiro atoms. The molecule has 0 aliphatic heterocycles. The number of carboxylic acids is 1. The number of thiophene rings is 1. The van der Waals surface area contributed by atoms with Crippen LogP contribution in [0.15, 0.2) is 12.1 Å². The Morgan fingerprint density at radius 2 is 2.23 bits per heavy atom. The van der Waals surface area contributed by atoms with E-state index in [1.807, 2.05) is 0 Å². The maximum absolute atomic E-state index is 12.7. The maximum atomic E-state index is 12.7. The predicted octanol–water partition coefficient (Wildman–Crippen LogP) is 1.86. The largest absolute Gasteiger partial charge is 0.479 e. The van der Waals surface area contributed by atoms with Crippen LogP contribution in [0, 0.1) is 0 Å². The number of rotatable bonds is 3. The monoisotopic (exact) mass is 224 g/mol. The summed E-state index contributed by atoms with van der Waals surface area (Å²) in [4.78, 5) is 10.4. The zero-order valence-corrected chi connectivity index (χ0v) is 7.85. The Hall–Kier alpha value is -0.650. The third-order valence-electron chi connectivity index (χ3n) is 1.40. The van der Waals surface area contributed by atoms with E-state index in [0.717, 1.165) is 11.3 Å². The molecular weight excluding hydrogens is 219 g/mol. The van der Waals surface area contributed by atoms with Gasteiger partial charge in [0.15, 0.2) is 0 Å². The van der Waals surface area contributed by atoms with Crippen molar-refractivity contribution in [2.45, 2.75) is 12.3 Å². The maximum Gasteiger partial charge on any atom is 0.341 e. The Kier molecular flexibility index (Phi) is 3.24. The summed E-state index contributed by atoms with van der Waals surface area (Å²) in [6, 6.07) is 2.87. The molecular formula is C7H6ClFO3S. The molecule has 3 nitrogen and oxygen atoms in total. The lowest BCUT2D eigenvalue weighted by Crippen LogP contribution is -2.22. The lowest BCUT2D eigenvalue weighted by Gasteiger charge is -2.08. The number of carboxylic acid groups (broad SMARTS) is 1. The van der Waals surface area contributed by atoms with Gasteiger partial charge in [0.2, 0.25) is 6.17 Å². The van der Waals surface area contributed by atoms with Crippen LogP contribution in [-0.2, 0) is 4.79 Å². The van der Waals surface area contributed by atoms with Crippen LogP contribution in [0.2, 0.25) is 4.34 Å². The molecule has 72 valence electrons. The molecule has 0 fully saturated rings. The minimum absolute atomic E-state index is 0.208. The van der Waals surface area contributed by atoms with Crippen LogP contribution in [0.5, 0.6) is 0 Å². The van der Waals surface area contributed by atoms with E-state index in [9.17, 15) is 9.18 Å². The first-order valence-electron chi connectivity index (χ1n) is 3.32. The molecule has 0 saturated carbocycles. The summed E-state index contributed by atoms with van der Waals surface area (Å²) < 4.78 is 13.1. The van der Waals surface area contributed by atoms with Crippen molar-refractivity contribution < 1.29 is 19.4 Å². The third-order valence-corrected chi connectivity index (χ3v) is 2.70. The molecule has 1 heterocycles. The highest BCUT2D eigenvalue weighted by Crippen LogP contribution is 2.29. The molecule has 0 aliphatic rings. The standard InChI is InChI=1S/C7H6ClFO3S/c8-4-2-1-3(13-4)6(10)5(9)7(11)12/h1-2,5-6,10H,(H,11,12). The number of aliphatic hydroxyl groups is 1. The molecule has 2 atom stereocenters. The van der Waals surface area contributed by atoms with Crippen molar-refractivity contribution in [1.82, 2.24) is 0 Å². The van der Waals surface area contributed by atoms with E-state index in [2.05, 4.69) is 0 Å². The van der Waals surface area contributed by atoms with E-state index >= 15 is 0 Å². The molecule has 0 amide bonds. The van der Waals surface area contributed by atoms with Crippen LogP contribution in [0.4, 0.5) is 4.39 Å². The van der Waals surface area contributed by atoms with Gasteiger partial charge in [0.25, 0.3) is 0 Å². The molecule has 6 heteroatoms. The van der Waals surface area contributed by atoms with Gasteiger partial charge in [-0.05, 0) is 12.1 Å². The quantitative estimate of drug-likeness (QED) is 0.824. The Balaban J connectivity index is 2.78. The Morgan fingerprint density at radius 3 is 2.62 bits per heavy atom. The zero-order chi connectivity index (χ0) is 10.0. The first-order valence-corrected chi connectivity index (χ1v) is 4.52. The molecule has 0 radical (unpaired) electrons.